The van der Waals surface area contributed by atoms with Gasteiger partial charge in [0.25, 0.3) is 0 Å². The molecule has 2 saturated carbocycles. The van der Waals surface area contributed by atoms with E-state index in [1.54, 1.807) is 0 Å². The summed E-state index contributed by atoms with van der Waals surface area (Å²) >= 11 is 0. The summed E-state index contributed by atoms with van der Waals surface area (Å²) in [6.45, 7) is 4.04. The van der Waals surface area contributed by atoms with E-state index in [9.17, 15) is 0 Å². The van der Waals surface area contributed by atoms with Crippen LogP contribution in [0.5, 0.6) is 0 Å². The number of ether oxygens (including phenoxy) is 1. The van der Waals surface area contributed by atoms with Crippen LogP contribution in [-0.4, -0.2) is 12.2 Å². The number of hydrogen-bond acceptors (Lipinski definition) is 1. The highest BCUT2D eigenvalue weighted by Crippen LogP contribution is 2.57. The van der Waals surface area contributed by atoms with Crippen LogP contribution < -0.4 is 0 Å². The van der Waals surface area contributed by atoms with Crippen molar-refractivity contribution in [2.45, 2.75) is 31.5 Å². The Hall–Kier alpha value is -0.300. The van der Waals surface area contributed by atoms with E-state index in [0.717, 1.165) is 11.8 Å². The van der Waals surface area contributed by atoms with Gasteiger partial charge < -0.3 is 4.74 Å². The average molecular weight is 136 g/mol. The van der Waals surface area contributed by atoms with Gasteiger partial charge in [0.05, 0.1) is 12.2 Å². The molecule has 0 aromatic heterocycles. The largest absolute Gasteiger partial charge is 0.370 e. The van der Waals surface area contributed by atoms with Gasteiger partial charge in [-0.25, -0.2) is 0 Å². The third-order valence-electron chi connectivity index (χ3n) is 3.39. The van der Waals surface area contributed by atoms with Gasteiger partial charge in [-0.2, -0.15) is 0 Å². The highest BCUT2D eigenvalue weighted by atomic mass is 16.5. The van der Waals surface area contributed by atoms with Crippen LogP contribution in [0.15, 0.2) is 12.2 Å². The Labute approximate surface area is 61.1 Å². The first-order valence-electron chi connectivity index (χ1n) is 4.22. The summed E-state index contributed by atoms with van der Waals surface area (Å²) in [4.78, 5) is 0. The van der Waals surface area contributed by atoms with E-state index >= 15 is 0 Å². The molecule has 4 atom stereocenters. The molecule has 0 aromatic carbocycles. The standard InChI is InChI=1S/C9H12O/c1-5-8-6-3-2-4-7(8)10-9(5)6/h6-9H,1-4H2/t6?,7-,8+,9?/m0/s1. The van der Waals surface area contributed by atoms with Crippen LogP contribution in [0.1, 0.15) is 19.3 Å². The zero-order chi connectivity index (χ0) is 6.72. The minimum atomic E-state index is 0.484. The molecule has 0 spiro atoms. The summed E-state index contributed by atoms with van der Waals surface area (Å²) in [5.74, 6) is 1.66. The molecule has 4 bridgehead atoms. The zero-order valence-electron chi connectivity index (χ0n) is 6.05. The van der Waals surface area contributed by atoms with E-state index in [2.05, 4.69) is 6.58 Å². The van der Waals surface area contributed by atoms with Crippen LogP contribution in [0.4, 0.5) is 0 Å². The van der Waals surface area contributed by atoms with Crippen molar-refractivity contribution in [1.82, 2.24) is 0 Å². The molecule has 4 aliphatic rings. The molecule has 2 aliphatic heterocycles. The van der Waals surface area contributed by atoms with Crippen LogP contribution in [0.25, 0.3) is 0 Å². The van der Waals surface area contributed by atoms with Gasteiger partial charge in [-0.15, -0.1) is 0 Å². The second kappa shape index (κ2) is 1.48. The summed E-state index contributed by atoms with van der Waals surface area (Å²) in [5, 5.41) is 0. The van der Waals surface area contributed by atoms with Crippen LogP contribution >= 0.6 is 0 Å². The number of hydrogen-bond donors (Lipinski definition) is 0. The molecular weight excluding hydrogens is 124 g/mol. The lowest BCUT2D eigenvalue weighted by atomic mass is 9.63. The van der Waals surface area contributed by atoms with Gasteiger partial charge in [0, 0.05) is 5.92 Å². The van der Waals surface area contributed by atoms with Gasteiger partial charge in [0.1, 0.15) is 0 Å². The van der Waals surface area contributed by atoms with Gasteiger partial charge in [0.2, 0.25) is 0 Å². The Kier molecular flexibility index (Phi) is 0.791. The molecule has 2 aliphatic carbocycles. The molecule has 1 heteroatoms. The Morgan fingerprint density at radius 2 is 2.30 bits per heavy atom. The van der Waals surface area contributed by atoms with Crippen molar-refractivity contribution in [1.29, 1.82) is 0 Å². The normalized spacial score (nSPS) is 56.6. The Morgan fingerprint density at radius 3 is 3.00 bits per heavy atom. The summed E-state index contributed by atoms with van der Waals surface area (Å²) in [6.07, 6.45) is 5.13. The molecule has 0 N–H and O–H groups in total. The maximum atomic E-state index is 5.77. The Morgan fingerprint density at radius 1 is 1.40 bits per heavy atom. The van der Waals surface area contributed by atoms with Crippen molar-refractivity contribution < 1.29 is 4.74 Å². The van der Waals surface area contributed by atoms with E-state index < -0.39 is 0 Å². The predicted octanol–water partition coefficient (Wildman–Crippen LogP) is 1.74. The van der Waals surface area contributed by atoms with Crippen LogP contribution in [0, 0.1) is 11.8 Å². The van der Waals surface area contributed by atoms with E-state index in [0.29, 0.717) is 12.2 Å². The van der Waals surface area contributed by atoms with Crippen molar-refractivity contribution in [3.05, 3.63) is 12.2 Å². The zero-order valence-corrected chi connectivity index (χ0v) is 6.05. The molecule has 0 radical (unpaired) electrons. The van der Waals surface area contributed by atoms with Gasteiger partial charge in [0.15, 0.2) is 0 Å². The van der Waals surface area contributed by atoms with Crippen molar-refractivity contribution in [3.8, 4) is 0 Å². The second-order valence-electron chi connectivity index (χ2n) is 3.79. The van der Waals surface area contributed by atoms with Gasteiger partial charge >= 0.3 is 0 Å². The molecular formula is C9H12O. The maximum absolute atomic E-state index is 5.77. The molecule has 2 unspecified atom stereocenters. The molecule has 0 aromatic rings. The lowest BCUT2D eigenvalue weighted by Crippen LogP contribution is -2.39. The van der Waals surface area contributed by atoms with Crippen LogP contribution in [0.2, 0.25) is 0 Å². The highest BCUT2D eigenvalue weighted by molar-refractivity contribution is 5.30. The van der Waals surface area contributed by atoms with E-state index in [-0.39, 0.29) is 0 Å². The monoisotopic (exact) mass is 136 g/mol. The van der Waals surface area contributed by atoms with Crippen molar-refractivity contribution >= 4 is 0 Å². The molecule has 0 amide bonds. The van der Waals surface area contributed by atoms with E-state index in [1.165, 1.54) is 24.8 Å². The predicted molar refractivity (Wildman–Crippen MR) is 38.6 cm³/mol. The molecule has 10 heavy (non-hydrogen) atoms. The fraction of sp³-hybridized carbons (Fsp3) is 0.778. The van der Waals surface area contributed by atoms with E-state index in [1.807, 2.05) is 0 Å². The fourth-order valence-electron chi connectivity index (χ4n) is 2.92. The molecule has 4 rings (SSSR count). The maximum Gasteiger partial charge on any atom is 0.0825 e. The third-order valence-corrected chi connectivity index (χ3v) is 3.39. The number of rotatable bonds is 0. The average Bonchev–Trinajstić information content (AvgIpc) is 2.39. The minimum absolute atomic E-state index is 0.484. The molecule has 1 nitrogen and oxygen atoms in total. The molecule has 54 valence electrons. The summed E-state index contributed by atoms with van der Waals surface area (Å²) < 4.78 is 5.77. The van der Waals surface area contributed by atoms with Crippen molar-refractivity contribution in [3.63, 3.8) is 0 Å². The lowest BCUT2D eigenvalue weighted by Gasteiger charge is -2.39. The van der Waals surface area contributed by atoms with Gasteiger partial charge in [-0.3, -0.25) is 0 Å². The topological polar surface area (TPSA) is 9.23 Å². The van der Waals surface area contributed by atoms with Crippen molar-refractivity contribution in [2.24, 2.45) is 11.8 Å². The van der Waals surface area contributed by atoms with Gasteiger partial charge in [-0.1, -0.05) is 13.0 Å². The first-order valence-corrected chi connectivity index (χ1v) is 4.22. The quantitative estimate of drug-likeness (QED) is 0.461. The first kappa shape index (κ1) is 5.36. The molecule has 4 fully saturated rings. The highest BCUT2D eigenvalue weighted by Gasteiger charge is 2.58. The smallest absolute Gasteiger partial charge is 0.0825 e. The SMILES string of the molecule is C=C1C2O[C@H]3CCCC2[C@@H]13. The van der Waals surface area contributed by atoms with Crippen molar-refractivity contribution in [2.75, 3.05) is 0 Å². The first-order chi connectivity index (χ1) is 4.88. The summed E-state index contributed by atoms with van der Waals surface area (Å²) in [7, 11) is 0. The van der Waals surface area contributed by atoms with Crippen LogP contribution in [0.3, 0.4) is 0 Å². The van der Waals surface area contributed by atoms with Crippen LogP contribution in [-0.2, 0) is 4.74 Å². The second-order valence-corrected chi connectivity index (χ2v) is 3.79. The van der Waals surface area contributed by atoms with Gasteiger partial charge in [-0.05, 0) is 24.3 Å². The molecule has 2 heterocycles. The third kappa shape index (κ3) is 0.392. The minimum Gasteiger partial charge on any atom is -0.370 e. The van der Waals surface area contributed by atoms with E-state index in [4.69, 9.17) is 4.74 Å². The molecule has 2 saturated heterocycles. The summed E-state index contributed by atoms with van der Waals surface area (Å²) in [5.41, 5.74) is 1.40. The Bertz CT molecular complexity index is 191. The fourth-order valence-corrected chi connectivity index (χ4v) is 2.92. The summed E-state index contributed by atoms with van der Waals surface area (Å²) in [6, 6.07) is 0. The lowest BCUT2D eigenvalue weighted by molar-refractivity contribution is 0.0856. The Balaban J connectivity index is 2.00.